The highest BCUT2D eigenvalue weighted by Crippen LogP contribution is 2.45. The molecule has 0 fully saturated rings. The van der Waals surface area contributed by atoms with Gasteiger partial charge < -0.3 is 9.64 Å². The van der Waals surface area contributed by atoms with Gasteiger partial charge in [-0.25, -0.2) is 4.39 Å². The van der Waals surface area contributed by atoms with Gasteiger partial charge >= 0.3 is 0 Å². The van der Waals surface area contributed by atoms with Crippen LogP contribution in [-0.4, -0.2) is 25.4 Å². The lowest BCUT2D eigenvalue weighted by molar-refractivity contribution is -0.0140. The highest BCUT2D eigenvalue weighted by atomic mass is 19.1. The smallest absolute Gasteiger partial charge is 0.123 e. The first-order chi connectivity index (χ1) is 14.0. The highest BCUT2D eigenvalue weighted by Gasteiger charge is 2.41. The summed E-state index contributed by atoms with van der Waals surface area (Å²) in [5, 5.41) is 9.16. The Morgan fingerprint density at radius 3 is 2.79 bits per heavy atom. The predicted molar refractivity (Wildman–Crippen MR) is 90.9 cm³/mol. The van der Waals surface area contributed by atoms with E-state index < -0.39 is 25.4 Å². The maximum absolute atomic E-state index is 13.5. The Hall–Kier alpha value is -2.22. The van der Waals surface area contributed by atoms with Crippen LogP contribution in [0.4, 0.5) is 4.39 Å². The van der Waals surface area contributed by atoms with Crippen molar-refractivity contribution in [3.63, 3.8) is 0 Å². The average molecular weight is 330 g/mol. The zero-order chi connectivity index (χ0) is 22.2. The van der Waals surface area contributed by atoms with Crippen molar-refractivity contribution in [2.75, 3.05) is 20.5 Å². The van der Waals surface area contributed by atoms with E-state index in [1.54, 1.807) is 30.3 Å². The van der Waals surface area contributed by atoms with Gasteiger partial charge in [0.2, 0.25) is 0 Å². The molecule has 1 unspecified atom stereocenters. The largest absolute Gasteiger partial charge is 0.361 e. The molecular weight excluding hydrogens is 303 g/mol. The highest BCUT2D eigenvalue weighted by molar-refractivity contribution is 5.47. The molecule has 0 amide bonds. The summed E-state index contributed by atoms with van der Waals surface area (Å²) in [5.74, 6) is -0.400. The normalized spacial score (nSPS) is 24.0. The Balaban J connectivity index is 1.94. The van der Waals surface area contributed by atoms with Gasteiger partial charge in [0.25, 0.3) is 0 Å². The monoisotopic (exact) mass is 330 g/mol. The molecule has 0 N–H and O–H groups in total. The van der Waals surface area contributed by atoms with E-state index in [4.69, 9.17) is 18.2 Å². The molecule has 1 aliphatic rings. The second-order valence-corrected chi connectivity index (χ2v) is 5.86. The van der Waals surface area contributed by atoms with E-state index in [9.17, 15) is 4.39 Å². The van der Waals surface area contributed by atoms with Crippen molar-refractivity contribution < 1.29 is 17.4 Å². The van der Waals surface area contributed by atoms with Gasteiger partial charge in [-0.2, -0.15) is 5.26 Å². The van der Waals surface area contributed by atoms with Crippen molar-refractivity contribution in [1.82, 2.24) is 4.90 Å². The summed E-state index contributed by atoms with van der Waals surface area (Å²) in [4.78, 5) is 0.521. The van der Waals surface area contributed by atoms with Crippen LogP contribution < -0.4 is 0 Å². The molecule has 0 bridgehead atoms. The van der Waals surface area contributed by atoms with E-state index in [1.165, 1.54) is 12.1 Å². The molecule has 0 spiro atoms. The Bertz CT molecular complexity index is 938. The number of hydrogen-bond donors (Lipinski definition) is 0. The minimum Gasteiger partial charge on any atom is -0.361 e. The second kappa shape index (κ2) is 6.72. The molecule has 1 atom stereocenters. The number of benzene rings is 2. The number of hydrogen-bond acceptors (Lipinski definition) is 3. The van der Waals surface area contributed by atoms with E-state index in [0.29, 0.717) is 22.4 Å². The van der Waals surface area contributed by atoms with Crippen LogP contribution in [0.2, 0.25) is 0 Å². The van der Waals surface area contributed by atoms with Crippen molar-refractivity contribution >= 4 is 0 Å². The molecular formula is C20H21FN2O. The lowest BCUT2D eigenvalue weighted by Gasteiger charge is -2.31. The van der Waals surface area contributed by atoms with Gasteiger partial charge in [0.15, 0.2) is 0 Å². The van der Waals surface area contributed by atoms with Gasteiger partial charge in [-0.1, -0.05) is 18.2 Å². The number of ether oxygens (including phenoxy) is 1. The van der Waals surface area contributed by atoms with Gasteiger partial charge in [-0.3, -0.25) is 0 Å². The van der Waals surface area contributed by atoms with Gasteiger partial charge in [0.05, 0.1) is 18.2 Å². The summed E-state index contributed by atoms with van der Waals surface area (Å²) < 4.78 is 64.8. The van der Waals surface area contributed by atoms with Gasteiger partial charge in [0.1, 0.15) is 11.4 Å². The molecule has 3 rings (SSSR count). The van der Waals surface area contributed by atoms with E-state index >= 15 is 0 Å². The van der Waals surface area contributed by atoms with Crippen molar-refractivity contribution in [3.05, 3.63) is 70.5 Å². The zero-order valence-corrected chi connectivity index (χ0v) is 13.1. The molecule has 3 nitrogen and oxygen atoms in total. The fraction of sp³-hybridized carbons (Fsp3) is 0.350. The van der Waals surface area contributed by atoms with E-state index in [2.05, 4.69) is 6.07 Å². The SMILES string of the molecule is [2H]C([2H])([2H])N(CCCC1(c2ccc(F)cc2)OCc2cc(C#N)ccc21)C([2H])([2H])[2H]. The van der Waals surface area contributed by atoms with E-state index in [0.717, 1.165) is 11.1 Å². The summed E-state index contributed by atoms with van der Waals surface area (Å²) in [6, 6.07) is 13.1. The number of nitrogens with zero attached hydrogens (tertiary/aromatic N) is 2. The third-order valence-electron chi connectivity index (χ3n) is 4.36. The van der Waals surface area contributed by atoms with Crippen LogP contribution in [0.15, 0.2) is 42.5 Å². The molecule has 0 aromatic heterocycles. The molecule has 1 aliphatic heterocycles. The number of halogens is 1. The second-order valence-electron chi connectivity index (χ2n) is 5.86. The average Bonchev–Trinajstić information content (AvgIpc) is 3.02. The molecule has 2 aromatic carbocycles. The molecule has 2 aromatic rings. The van der Waals surface area contributed by atoms with Crippen molar-refractivity contribution in [3.8, 4) is 6.07 Å². The fourth-order valence-electron chi connectivity index (χ4n) is 3.25. The zero-order valence-electron chi connectivity index (χ0n) is 19.1. The van der Waals surface area contributed by atoms with E-state index in [1.807, 2.05) is 0 Å². The Morgan fingerprint density at radius 2 is 2.08 bits per heavy atom. The lowest BCUT2D eigenvalue weighted by atomic mass is 9.81. The molecule has 0 radical (unpaired) electrons. The summed E-state index contributed by atoms with van der Waals surface area (Å²) in [6.45, 7) is -5.47. The molecule has 0 saturated heterocycles. The van der Waals surface area contributed by atoms with Crippen molar-refractivity contribution in [1.29, 1.82) is 5.26 Å². The first-order valence-corrected chi connectivity index (χ1v) is 7.69. The van der Waals surface area contributed by atoms with E-state index in [-0.39, 0.29) is 19.6 Å². The number of rotatable bonds is 5. The van der Waals surface area contributed by atoms with Crippen LogP contribution in [0.5, 0.6) is 0 Å². The quantitative estimate of drug-likeness (QED) is 0.836. The number of fused-ring (bicyclic) bond motifs is 1. The topological polar surface area (TPSA) is 36.3 Å². The van der Waals surface area contributed by atoms with Gasteiger partial charge in [-0.15, -0.1) is 0 Å². The summed E-state index contributed by atoms with van der Waals surface area (Å²) in [7, 11) is 0. The van der Waals surface area contributed by atoms with Crippen LogP contribution in [0, 0.1) is 17.1 Å². The third kappa shape index (κ3) is 3.06. The third-order valence-corrected chi connectivity index (χ3v) is 4.36. The summed E-state index contributed by atoms with van der Waals surface area (Å²) in [6.07, 6.45) is 0.508. The maximum atomic E-state index is 13.5. The number of nitriles is 1. The van der Waals surface area contributed by atoms with Crippen LogP contribution in [0.25, 0.3) is 0 Å². The Morgan fingerprint density at radius 1 is 1.29 bits per heavy atom. The van der Waals surface area contributed by atoms with Crippen LogP contribution in [-0.2, 0) is 16.9 Å². The minimum absolute atomic E-state index is 0.190. The first kappa shape index (κ1) is 10.6. The standard InChI is InChI=1S/C20H21FN2O/c1-23(2)11-3-10-20(17-5-7-18(21)8-6-17)19-9-4-15(13-22)12-16(19)14-24-20/h4-9,12H,3,10-11,14H2,1-2H3/i1D3,2D3. The first-order valence-electron chi connectivity index (χ1n) is 10.7. The van der Waals surface area contributed by atoms with Gasteiger partial charge in [0, 0.05) is 8.22 Å². The van der Waals surface area contributed by atoms with Crippen LogP contribution in [0.1, 0.15) is 43.3 Å². The predicted octanol–water partition coefficient (Wildman–Crippen LogP) is 3.81. The van der Waals surface area contributed by atoms with Crippen molar-refractivity contribution in [2.45, 2.75) is 25.0 Å². The molecule has 4 heteroatoms. The Kier molecular flexibility index (Phi) is 2.97. The minimum atomic E-state index is -2.76. The maximum Gasteiger partial charge on any atom is 0.123 e. The van der Waals surface area contributed by atoms with Crippen LogP contribution >= 0.6 is 0 Å². The lowest BCUT2D eigenvalue weighted by Crippen LogP contribution is -2.28. The summed E-state index contributed by atoms with van der Waals surface area (Å²) in [5.41, 5.74) is 1.82. The molecule has 1 heterocycles. The van der Waals surface area contributed by atoms with Gasteiger partial charge in [-0.05, 0) is 74.3 Å². The molecule has 0 saturated carbocycles. The Labute approximate surface area is 150 Å². The molecule has 124 valence electrons. The van der Waals surface area contributed by atoms with Crippen LogP contribution in [0.3, 0.4) is 0 Å². The molecule has 0 aliphatic carbocycles. The summed E-state index contributed by atoms with van der Waals surface area (Å²) >= 11 is 0. The van der Waals surface area contributed by atoms with Crippen molar-refractivity contribution in [2.24, 2.45) is 0 Å². The molecule has 24 heavy (non-hydrogen) atoms. The fourth-order valence-corrected chi connectivity index (χ4v) is 3.25.